The Kier molecular flexibility index (Phi) is 4.81. The van der Waals surface area contributed by atoms with E-state index in [4.69, 9.17) is 13.9 Å². The number of fused-ring (bicyclic) bond motifs is 1. The molecule has 0 saturated carbocycles. The first-order valence-electron chi connectivity index (χ1n) is 7.89. The maximum atomic E-state index is 12.6. The molecular formula is C16H24N2O4. The Morgan fingerprint density at radius 3 is 3.00 bits per heavy atom. The highest BCUT2D eigenvalue weighted by Gasteiger charge is 2.38. The van der Waals surface area contributed by atoms with Gasteiger partial charge in [-0.15, -0.1) is 0 Å². The van der Waals surface area contributed by atoms with Crippen molar-refractivity contribution in [2.45, 2.75) is 25.5 Å². The van der Waals surface area contributed by atoms with E-state index in [1.54, 1.807) is 13.2 Å². The Hall–Kier alpha value is -1.37. The van der Waals surface area contributed by atoms with E-state index in [-0.39, 0.29) is 18.1 Å². The second-order valence-electron chi connectivity index (χ2n) is 5.96. The fourth-order valence-electron chi connectivity index (χ4n) is 3.32. The summed E-state index contributed by atoms with van der Waals surface area (Å²) in [7, 11) is 1.72. The van der Waals surface area contributed by atoms with Gasteiger partial charge in [0.1, 0.15) is 5.76 Å². The van der Waals surface area contributed by atoms with Crippen molar-refractivity contribution in [2.24, 2.45) is 0 Å². The third-order valence-electron chi connectivity index (χ3n) is 4.52. The molecular weight excluding hydrogens is 284 g/mol. The van der Waals surface area contributed by atoms with Crippen LogP contribution >= 0.6 is 0 Å². The van der Waals surface area contributed by atoms with Crippen LogP contribution in [0.1, 0.15) is 22.7 Å². The number of aryl methyl sites for hydroxylation is 1. The maximum Gasteiger partial charge on any atom is 0.289 e. The molecule has 0 aromatic carbocycles. The molecule has 1 aromatic rings. The van der Waals surface area contributed by atoms with Crippen molar-refractivity contribution in [2.75, 3.05) is 46.5 Å². The van der Waals surface area contributed by atoms with Gasteiger partial charge in [0.25, 0.3) is 5.91 Å². The summed E-state index contributed by atoms with van der Waals surface area (Å²) in [6.45, 7) is 6.50. The van der Waals surface area contributed by atoms with Crippen molar-refractivity contribution < 1.29 is 18.7 Å². The largest absolute Gasteiger partial charge is 0.456 e. The van der Waals surface area contributed by atoms with Crippen molar-refractivity contribution in [3.63, 3.8) is 0 Å². The molecule has 2 aliphatic heterocycles. The van der Waals surface area contributed by atoms with Gasteiger partial charge in [-0.05, 0) is 25.5 Å². The smallest absolute Gasteiger partial charge is 0.289 e. The standard InChI is InChI=1S/C16H24N2O4/c1-12-3-4-15(22-12)16(19)18-6-5-14-13(11-18)17(7-9-20-2)8-10-21-14/h3-4,13-14H,5-11H2,1-2H3/t13-,14-/m0/s1. The second-order valence-corrected chi connectivity index (χ2v) is 5.96. The summed E-state index contributed by atoms with van der Waals surface area (Å²) in [5, 5.41) is 0. The van der Waals surface area contributed by atoms with Crippen LogP contribution < -0.4 is 0 Å². The number of carbonyl (C=O) groups excluding carboxylic acids is 1. The van der Waals surface area contributed by atoms with E-state index in [9.17, 15) is 4.79 Å². The molecule has 2 aliphatic rings. The summed E-state index contributed by atoms with van der Waals surface area (Å²) < 4.78 is 16.5. The Bertz CT molecular complexity index is 516. The van der Waals surface area contributed by atoms with Crippen LogP contribution in [0, 0.1) is 6.92 Å². The summed E-state index contributed by atoms with van der Waals surface area (Å²) in [5.41, 5.74) is 0. The van der Waals surface area contributed by atoms with Crippen LogP contribution in [0.3, 0.4) is 0 Å². The molecule has 0 aliphatic carbocycles. The molecule has 6 heteroatoms. The summed E-state index contributed by atoms with van der Waals surface area (Å²) in [5.74, 6) is 1.17. The molecule has 1 amide bonds. The number of furan rings is 1. The van der Waals surface area contributed by atoms with Crippen LogP contribution in [0.4, 0.5) is 0 Å². The minimum Gasteiger partial charge on any atom is -0.456 e. The molecule has 3 rings (SSSR count). The molecule has 2 atom stereocenters. The van der Waals surface area contributed by atoms with E-state index >= 15 is 0 Å². The van der Waals surface area contributed by atoms with E-state index in [2.05, 4.69) is 4.90 Å². The zero-order chi connectivity index (χ0) is 15.5. The first kappa shape index (κ1) is 15.5. The second kappa shape index (κ2) is 6.81. The van der Waals surface area contributed by atoms with Crippen molar-refractivity contribution in [3.8, 4) is 0 Å². The normalized spacial score (nSPS) is 26.0. The number of ether oxygens (including phenoxy) is 2. The van der Waals surface area contributed by atoms with E-state index < -0.39 is 0 Å². The minimum atomic E-state index is -0.0242. The molecule has 0 bridgehead atoms. The van der Waals surface area contributed by atoms with Crippen LogP contribution in [0.5, 0.6) is 0 Å². The van der Waals surface area contributed by atoms with Gasteiger partial charge < -0.3 is 18.8 Å². The Balaban J connectivity index is 1.67. The van der Waals surface area contributed by atoms with Gasteiger partial charge in [0.05, 0.1) is 25.4 Å². The van der Waals surface area contributed by atoms with Crippen LogP contribution in [0.2, 0.25) is 0 Å². The quantitative estimate of drug-likeness (QED) is 0.835. The molecule has 3 heterocycles. The zero-order valence-electron chi connectivity index (χ0n) is 13.3. The predicted octanol–water partition coefficient (Wildman–Crippen LogP) is 1.15. The number of rotatable bonds is 4. The summed E-state index contributed by atoms with van der Waals surface area (Å²) in [6, 6.07) is 3.83. The Labute approximate surface area is 131 Å². The predicted molar refractivity (Wildman–Crippen MR) is 80.9 cm³/mol. The molecule has 0 unspecified atom stereocenters. The van der Waals surface area contributed by atoms with Crippen molar-refractivity contribution in [1.82, 2.24) is 9.80 Å². The molecule has 122 valence electrons. The number of hydrogen-bond acceptors (Lipinski definition) is 5. The maximum absolute atomic E-state index is 12.6. The van der Waals surface area contributed by atoms with Gasteiger partial charge in [0, 0.05) is 33.3 Å². The van der Waals surface area contributed by atoms with Gasteiger partial charge in [0.15, 0.2) is 5.76 Å². The monoisotopic (exact) mass is 308 g/mol. The number of piperidine rings is 1. The number of hydrogen-bond donors (Lipinski definition) is 0. The van der Waals surface area contributed by atoms with E-state index in [0.717, 1.165) is 38.4 Å². The third-order valence-corrected chi connectivity index (χ3v) is 4.52. The van der Waals surface area contributed by atoms with Crippen molar-refractivity contribution in [3.05, 3.63) is 23.7 Å². The van der Waals surface area contributed by atoms with Gasteiger partial charge in [0.2, 0.25) is 0 Å². The molecule has 2 saturated heterocycles. The topological polar surface area (TPSA) is 55.2 Å². The van der Waals surface area contributed by atoms with E-state index in [1.165, 1.54) is 0 Å². The minimum absolute atomic E-state index is 0.0242. The van der Waals surface area contributed by atoms with Crippen LogP contribution in [0.15, 0.2) is 16.5 Å². The molecule has 0 spiro atoms. The third kappa shape index (κ3) is 3.19. The number of nitrogens with zero attached hydrogens (tertiary/aromatic N) is 2. The highest BCUT2D eigenvalue weighted by molar-refractivity contribution is 5.91. The first-order valence-corrected chi connectivity index (χ1v) is 7.89. The fourth-order valence-corrected chi connectivity index (χ4v) is 3.32. The van der Waals surface area contributed by atoms with Gasteiger partial charge in [-0.2, -0.15) is 0 Å². The number of likely N-dealkylation sites (tertiary alicyclic amines) is 1. The zero-order valence-corrected chi connectivity index (χ0v) is 13.3. The average Bonchev–Trinajstić information content (AvgIpc) is 2.98. The van der Waals surface area contributed by atoms with Gasteiger partial charge >= 0.3 is 0 Å². The van der Waals surface area contributed by atoms with E-state index in [0.29, 0.717) is 18.9 Å². The molecule has 22 heavy (non-hydrogen) atoms. The number of morpholine rings is 1. The lowest BCUT2D eigenvalue weighted by atomic mass is 9.98. The van der Waals surface area contributed by atoms with E-state index in [1.807, 2.05) is 17.9 Å². The van der Waals surface area contributed by atoms with Crippen LogP contribution in [-0.4, -0.2) is 74.4 Å². The lowest BCUT2D eigenvalue weighted by molar-refractivity contribution is -0.102. The average molecular weight is 308 g/mol. The molecule has 0 N–H and O–H groups in total. The SMILES string of the molecule is COCCN1CCO[C@H]2CCN(C(=O)c3ccc(C)o3)C[C@@H]21. The number of methoxy groups -OCH3 is 1. The van der Waals surface area contributed by atoms with Crippen molar-refractivity contribution in [1.29, 1.82) is 0 Å². The van der Waals surface area contributed by atoms with Crippen LogP contribution in [0.25, 0.3) is 0 Å². The molecule has 2 fully saturated rings. The highest BCUT2D eigenvalue weighted by Crippen LogP contribution is 2.24. The van der Waals surface area contributed by atoms with Gasteiger partial charge in [-0.25, -0.2) is 0 Å². The summed E-state index contributed by atoms with van der Waals surface area (Å²) >= 11 is 0. The number of carbonyl (C=O) groups is 1. The lowest BCUT2D eigenvalue weighted by Crippen LogP contribution is -2.61. The number of amides is 1. The van der Waals surface area contributed by atoms with Gasteiger partial charge in [-0.1, -0.05) is 0 Å². The van der Waals surface area contributed by atoms with Crippen LogP contribution in [-0.2, 0) is 9.47 Å². The summed E-state index contributed by atoms with van der Waals surface area (Å²) in [4.78, 5) is 16.8. The molecule has 0 radical (unpaired) electrons. The Morgan fingerprint density at radius 1 is 1.41 bits per heavy atom. The summed E-state index contributed by atoms with van der Waals surface area (Å²) in [6.07, 6.45) is 1.09. The lowest BCUT2D eigenvalue weighted by Gasteiger charge is -2.46. The molecule has 1 aromatic heterocycles. The highest BCUT2D eigenvalue weighted by atomic mass is 16.5. The van der Waals surface area contributed by atoms with Gasteiger partial charge in [-0.3, -0.25) is 9.69 Å². The fraction of sp³-hybridized carbons (Fsp3) is 0.688. The first-order chi connectivity index (χ1) is 10.7. The van der Waals surface area contributed by atoms with Crippen molar-refractivity contribution >= 4 is 5.91 Å². The molecule has 6 nitrogen and oxygen atoms in total. The Morgan fingerprint density at radius 2 is 2.27 bits per heavy atom.